The number of amides is 1. The lowest BCUT2D eigenvalue weighted by atomic mass is 9.99. The minimum absolute atomic E-state index is 0.0237. The number of nitrogens with zero attached hydrogens (tertiary/aromatic N) is 3. The Morgan fingerprint density at radius 2 is 1.84 bits per heavy atom. The predicted octanol–water partition coefficient (Wildman–Crippen LogP) is 3.92. The number of benzene rings is 2. The van der Waals surface area contributed by atoms with Crippen molar-refractivity contribution in [1.82, 2.24) is 0 Å². The zero-order chi connectivity index (χ0) is 21.8. The Morgan fingerprint density at radius 3 is 2.52 bits per heavy atom. The number of hydrogen-bond donors (Lipinski definition) is 1. The summed E-state index contributed by atoms with van der Waals surface area (Å²) in [5.41, 5.74) is 2.57. The van der Waals surface area contributed by atoms with Crippen LogP contribution in [0, 0.1) is 16.0 Å². The number of nitro groups is 1. The average molecular weight is 425 g/mol. The molecule has 164 valence electrons. The maximum absolute atomic E-state index is 12.7. The van der Waals surface area contributed by atoms with Crippen LogP contribution in [0.2, 0.25) is 0 Å². The molecule has 0 saturated carbocycles. The molecule has 0 aliphatic carbocycles. The van der Waals surface area contributed by atoms with E-state index in [-0.39, 0.29) is 17.2 Å². The van der Waals surface area contributed by atoms with Crippen molar-refractivity contribution in [2.75, 3.05) is 54.5 Å². The quantitative estimate of drug-likeness (QED) is 0.578. The second kappa shape index (κ2) is 9.34. The van der Waals surface area contributed by atoms with Crippen LogP contribution in [0.25, 0.3) is 0 Å². The number of carbonyl (C=O) groups is 1. The molecule has 0 bridgehead atoms. The van der Waals surface area contributed by atoms with Crippen molar-refractivity contribution in [2.24, 2.45) is 5.92 Å². The molecule has 2 fully saturated rings. The Balaban J connectivity index is 1.48. The molecule has 2 saturated heterocycles. The van der Waals surface area contributed by atoms with Crippen LogP contribution in [0.3, 0.4) is 0 Å². The van der Waals surface area contributed by atoms with E-state index in [0.29, 0.717) is 30.5 Å². The topological polar surface area (TPSA) is 88.0 Å². The predicted molar refractivity (Wildman–Crippen MR) is 121 cm³/mol. The maximum atomic E-state index is 12.7. The molecule has 1 amide bonds. The minimum Gasteiger partial charge on any atom is -0.378 e. The van der Waals surface area contributed by atoms with Gasteiger partial charge in [0.2, 0.25) is 0 Å². The average Bonchev–Trinajstić information content (AvgIpc) is 2.79. The lowest BCUT2D eigenvalue weighted by Gasteiger charge is -2.32. The number of nitrogens with one attached hydrogen (secondary N) is 1. The first-order valence-electron chi connectivity index (χ1n) is 10.8. The monoisotopic (exact) mass is 424 g/mol. The van der Waals surface area contributed by atoms with Gasteiger partial charge in [-0.1, -0.05) is 6.92 Å². The Hall–Kier alpha value is -3.13. The summed E-state index contributed by atoms with van der Waals surface area (Å²) in [7, 11) is 0. The molecule has 31 heavy (non-hydrogen) atoms. The number of hydrogen-bond acceptors (Lipinski definition) is 6. The first kappa shape index (κ1) is 21.1. The highest BCUT2D eigenvalue weighted by Crippen LogP contribution is 2.32. The highest BCUT2D eigenvalue weighted by Gasteiger charge is 2.25. The Bertz CT molecular complexity index is 941. The number of morpholine rings is 1. The molecule has 8 heteroatoms. The van der Waals surface area contributed by atoms with Crippen molar-refractivity contribution in [3.63, 3.8) is 0 Å². The van der Waals surface area contributed by atoms with Crippen LogP contribution < -0.4 is 15.1 Å². The summed E-state index contributed by atoms with van der Waals surface area (Å²) in [6.45, 7) is 6.86. The van der Waals surface area contributed by atoms with Crippen molar-refractivity contribution >= 4 is 28.7 Å². The molecule has 2 aliphatic rings. The molecule has 8 nitrogen and oxygen atoms in total. The summed E-state index contributed by atoms with van der Waals surface area (Å²) in [6.07, 6.45) is 2.15. The van der Waals surface area contributed by atoms with Gasteiger partial charge >= 0.3 is 0 Å². The summed E-state index contributed by atoms with van der Waals surface area (Å²) in [4.78, 5) is 28.3. The number of ether oxygens (including phenoxy) is 1. The van der Waals surface area contributed by atoms with E-state index in [1.54, 1.807) is 12.1 Å². The largest absolute Gasteiger partial charge is 0.378 e. The smallest absolute Gasteiger partial charge is 0.293 e. The number of piperidine rings is 1. The van der Waals surface area contributed by atoms with Crippen LogP contribution in [0.4, 0.5) is 22.7 Å². The van der Waals surface area contributed by atoms with Crippen LogP contribution in [-0.4, -0.2) is 50.2 Å². The van der Waals surface area contributed by atoms with Gasteiger partial charge in [0.25, 0.3) is 11.6 Å². The molecule has 2 aromatic carbocycles. The van der Waals surface area contributed by atoms with Crippen LogP contribution in [0.15, 0.2) is 42.5 Å². The molecule has 1 unspecified atom stereocenters. The summed E-state index contributed by atoms with van der Waals surface area (Å²) in [5, 5.41) is 14.5. The first-order chi connectivity index (χ1) is 15.0. The second-order valence-electron chi connectivity index (χ2n) is 8.25. The van der Waals surface area contributed by atoms with E-state index in [0.717, 1.165) is 44.7 Å². The van der Waals surface area contributed by atoms with Crippen molar-refractivity contribution in [2.45, 2.75) is 19.8 Å². The number of rotatable bonds is 5. The highest BCUT2D eigenvalue weighted by atomic mass is 16.6. The summed E-state index contributed by atoms with van der Waals surface area (Å²) in [5.74, 6) is 0.137. The van der Waals surface area contributed by atoms with Gasteiger partial charge in [-0.3, -0.25) is 14.9 Å². The van der Waals surface area contributed by atoms with Gasteiger partial charge in [-0.2, -0.15) is 0 Å². The van der Waals surface area contributed by atoms with Crippen LogP contribution in [0.5, 0.6) is 0 Å². The fraction of sp³-hybridized carbons (Fsp3) is 0.435. The van der Waals surface area contributed by atoms with E-state index < -0.39 is 4.92 Å². The molecule has 0 spiro atoms. The SMILES string of the molecule is CC1CCCN(c2ccc(C(=O)Nc3ccc(N4CCOCC4)cc3)cc2[N+](=O)[O-])C1. The van der Waals surface area contributed by atoms with Crippen molar-refractivity contribution in [3.8, 4) is 0 Å². The van der Waals surface area contributed by atoms with Crippen molar-refractivity contribution < 1.29 is 14.5 Å². The molecule has 0 radical (unpaired) electrons. The molecule has 2 heterocycles. The van der Waals surface area contributed by atoms with Crippen LogP contribution in [0.1, 0.15) is 30.1 Å². The van der Waals surface area contributed by atoms with E-state index in [9.17, 15) is 14.9 Å². The third kappa shape index (κ3) is 4.96. The molecule has 2 aliphatic heterocycles. The maximum Gasteiger partial charge on any atom is 0.293 e. The summed E-state index contributed by atoms with van der Waals surface area (Å²) >= 11 is 0. The van der Waals surface area contributed by atoms with Crippen LogP contribution in [-0.2, 0) is 4.74 Å². The number of carbonyl (C=O) groups excluding carboxylic acids is 1. The van der Waals surface area contributed by atoms with Gasteiger partial charge in [-0.25, -0.2) is 0 Å². The van der Waals surface area contributed by atoms with Gasteiger partial charge in [-0.05, 0) is 55.2 Å². The Labute approximate surface area is 181 Å². The van der Waals surface area contributed by atoms with Gasteiger partial charge in [-0.15, -0.1) is 0 Å². The fourth-order valence-corrected chi connectivity index (χ4v) is 4.27. The Kier molecular flexibility index (Phi) is 6.36. The number of nitro benzene ring substituents is 1. The summed E-state index contributed by atoms with van der Waals surface area (Å²) in [6, 6.07) is 12.4. The standard InChI is InChI=1S/C23H28N4O4/c1-17-3-2-10-26(16-17)21-9-4-18(15-22(21)27(29)30)23(28)24-19-5-7-20(8-6-19)25-11-13-31-14-12-25/h4-9,15,17H,2-3,10-14,16H2,1H3,(H,24,28). The van der Waals surface area contributed by atoms with E-state index in [4.69, 9.17) is 4.74 Å². The molecule has 1 atom stereocenters. The first-order valence-corrected chi connectivity index (χ1v) is 10.8. The molecule has 0 aromatic heterocycles. The third-order valence-corrected chi connectivity index (χ3v) is 5.93. The zero-order valence-corrected chi connectivity index (χ0v) is 17.8. The van der Waals surface area contributed by atoms with E-state index in [2.05, 4.69) is 22.0 Å². The molecular weight excluding hydrogens is 396 g/mol. The van der Waals surface area contributed by atoms with E-state index >= 15 is 0 Å². The second-order valence-corrected chi connectivity index (χ2v) is 8.25. The van der Waals surface area contributed by atoms with Gasteiger partial charge < -0.3 is 19.9 Å². The van der Waals surface area contributed by atoms with E-state index in [1.165, 1.54) is 6.07 Å². The van der Waals surface area contributed by atoms with Gasteiger partial charge in [0.05, 0.1) is 18.1 Å². The van der Waals surface area contributed by atoms with Gasteiger partial charge in [0, 0.05) is 49.2 Å². The minimum atomic E-state index is -0.400. The molecular formula is C23H28N4O4. The third-order valence-electron chi connectivity index (χ3n) is 5.93. The molecule has 4 rings (SSSR count). The summed E-state index contributed by atoms with van der Waals surface area (Å²) < 4.78 is 5.38. The van der Waals surface area contributed by atoms with Crippen molar-refractivity contribution in [1.29, 1.82) is 0 Å². The zero-order valence-electron chi connectivity index (χ0n) is 17.8. The van der Waals surface area contributed by atoms with Gasteiger partial charge in [0.1, 0.15) is 5.69 Å². The van der Waals surface area contributed by atoms with Gasteiger partial charge in [0.15, 0.2) is 0 Å². The fourth-order valence-electron chi connectivity index (χ4n) is 4.27. The van der Waals surface area contributed by atoms with Crippen molar-refractivity contribution in [3.05, 3.63) is 58.1 Å². The highest BCUT2D eigenvalue weighted by molar-refractivity contribution is 6.05. The van der Waals surface area contributed by atoms with E-state index in [1.807, 2.05) is 24.3 Å². The normalized spacial score (nSPS) is 19.2. The van der Waals surface area contributed by atoms with Crippen LogP contribution >= 0.6 is 0 Å². The lowest BCUT2D eigenvalue weighted by Crippen LogP contribution is -2.36. The Morgan fingerprint density at radius 1 is 1.10 bits per heavy atom. The number of anilines is 3. The lowest BCUT2D eigenvalue weighted by molar-refractivity contribution is -0.384. The molecule has 2 aromatic rings. The molecule has 1 N–H and O–H groups in total.